The molecule has 0 amide bonds. The molecule has 0 atom stereocenters. The van der Waals surface area contributed by atoms with Crippen molar-refractivity contribution in [2.45, 2.75) is 13.8 Å². The van der Waals surface area contributed by atoms with E-state index in [0.717, 1.165) is 22.9 Å². The van der Waals surface area contributed by atoms with Crippen LogP contribution in [0.25, 0.3) is 5.69 Å². The zero-order chi connectivity index (χ0) is 27.6. The Labute approximate surface area is 181 Å². The van der Waals surface area contributed by atoms with Gasteiger partial charge in [-0.25, -0.2) is 13.5 Å². The van der Waals surface area contributed by atoms with E-state index in [1.807, 2.05) is 0 Å². The Morgan fingerprint density at radius 3 is 2.45 bits per heavy atom. The van der Waals surface area contributed by atoms with E-state index in [1.165, 1.54) is 25.4 Å². The maximum absolute atomic E-state index is 13.6. The molecule has 8 heteroatoms. The van der Waals surface area contributed by atoms with Gasteiger partial charge in [-0.1, -0.05) is 6.92 Å². The Morgan fingerprint density at radius 1 is 1.03 bits per heavy atom. The molecule has 6 nitrogen and oxygen atoms in total. The molecular weight excluding hydrogens is 374 g/mol. The number of likely N-dealkylation sites (N-methyl/N-ethyl adjacent to an activating group) is 1. The number of benzene rings is 2. The van der Waals surface area contributed by atoms with Crippen LogP contribution in [0.5, 0.6) is 0 Å². The molecule has 1 aliphatic rings. The number of aromatic nitrogens is 3. The van der Waals surface area contributed by atoms with Crippen LogP contribution in [0.1, 0.15) is 24.9 Å². The first-order valence-electron chi connectivity index (χ1n) is 12.9. The van der Waals surface area contributed by atoms with Gasteiger partial charge in [-0.3, -0.25) is 0 Å². The topological polar surface area (TPSA) is 49.2 Å². The molecule has 2 heterocycles. The summed E-state index contributed by atoms with van der Waals surface area (Å²) in [4.78, 5) is 5.07. The third kappa shape index (κ3) is 4.54. The fourth-order valence-corrected chi connectivity index (χ4v) is 2.77. The van der Waals surface area contributed by atoms with Gasteiger partial charge in [0.1, 0.15) is 18.0 Å². The highest BCUT2D eigenvalue weighted by molar-refractivity contribution is 5.64. The van der Waals surface area contributed by atoms with Crippen LogP contribution in [0, 0.1) is 18.6 Å². The van der Waals surface area contributed by atoms with Gasteiger partial charge in [0, 0.05) is 50.3 Å². The lowest BCUT2D eigenvalue weighted by molar-refractivity contribution is 0.271. The Balaban J connectivity index is 0.00000400. The molecule has 29 heavy (non-hydrogen) atoms. The van der Waals surface area contributed by atoms with Gasteiger partial charge in [0.05, 0.1) is 11.2 Å². The van der Waals surface area contributed by atoms with Crippen LogP contribution in [0.4, 0.5) is 26.1 Å². The Bertz CT molecular complexity index is 1290. The van der Waals surface area contributed by atoms with E-state index < -0.39 is 37.6 Å². The van der Waals surface area contributed by atoms with Crippen LogP contribution in [-0.2, 0) is 0 Å². The molecule has 154 valence electrons. The first-order valence-corrected chi connectivity index (χ1v) is 8.87. The van der Waals surface area contributed by atoms with Crippen LogP contribution in [0.15, 0.2) is 42.7 Å². The van der Waals surface area contributed by atoms with Crippen molar-refractivity contribution < 1.29 is 21.2 Å². The Morgan fingerprint density at radius 2 is 1.76 bits per heavy atom. The van der Waals surface area contributed by atoms with Crippen molar-refractivity contribution in [1.82, 2.24) is 19.7 Å². The Kier molecular flexibility index (Phi) is 3.34. The minimum Gasteiger partial charge on any atom is -0.369 e. The summed E-state index contributed by atoms with van der Waals surface area (Å²) in [5.41, 5.74) is 0.761. The maximum atomic E-state index is 13.6. The van der Waals surface area contributed by atoms with E-state index in [4.69, 9.17) is 11.0 Å². The number of nitrogens with one attached hydrogen (secondary N) is 1. The van der Waals surface area contributed by atoms with E-state index in [2.05, 4.69) is 15.4 Å². The second-order valence-electron chi connectivity index (χ2n) is 6.35. The molecule has 1 fully saturated rings. The van der Waals surface area contributed by atoms with E-state index in [0.29, 0.717) is 15.4 Å². The molecule has 0 radical (unpaired) electrons. The molecule has 2 aromatic carbocycles. The summed E-state index contributed by atoms with van der Waals surface area (Å²) < 4.78 is 96.0. The first kappa shape index (κ1) is 11.9. The van der Waals surface area contributed by atoms with Crippen molar-refractivity contribution in [3.63, 3.8) is 0 Å². The van der Waals surface area contributed by atoms with E-state index in [9.17, 15) is 8.78 Å². The van der Waals surface area contributed by atoms with Crippen molar-refractivity contribution in [2.24, 2.45) is 0 Å². The van der Waals surface area contributed by atoms with Gasteiger partial charge in [0.2, 0.25) is 5.95 Å². The number of hydrogen-bond donors (Lipinski definition) is 1. The highest BCUT2D eigenvalue weighted by Crippen LogP contribution is 2.25. The van der Waals surface area contributed by atoms with E-state index >= 15 is 0 Å². The molecule has 0 aliphatic carbocycles. The standard InChI is InChI=1S/C21H24F2N6.H2/c1-3-27-4-6-28(7-5-27)19-9-15(2)8-18(13-19)25-21-24-14-29(26-21)20-11-16(22)10-17(23)12-20;/h8-14H,3-7H2,1-2H3,(H,25,26);1H/i4D2,5D2,6D2,7D2;. The van der Waals surface area contributed by atoms with E-state index in [1.54, 1.807) is 13.0 Å². The lowest BCUT2D eigenvalue weighted by Gasteiger charge is -2.35. The second kappa shape index (κ2) is 8.16. The number of aryl methyl sites for hydroxylation is 1. The smallest absolute Gasteiger partial charge is 0.246 e. The van der Waals surface area contributed by atoms with Crippen molar-refractivity contribution in [3.8, 4) is 5.69 Å². The number of hydrogen-bond acceptors (Lipinski definition) is 5. The van der Waals surface area contributed by atoms with Gasteiger partial charge in [0.15, 0.2) is 0 Å². The summed E-state index contributed by atoms with van der Waals surface area (Å²) in [5.74, 6) is -1.58. The van der Waals surface area contributed by atoms with Crippen LogP contribution >= 0.6 is 0 Å². The lowest BCUT2D eigenvalue weighted by Crippen LogP contribution is -2.46. The molecule has 0 unspecified atom stereocenters. The van der Waals surface area contributed by atoms with Gasteiger partial charge in [-0.05, 0) is 49.4 Å². The highest BCUT2D eigenvalue weighted by Gasteiger charge is 2.17. The maximum Gasteiger partial charge on any atom is 0.246 e. The zero-order valence-corrected chi connectivity index (χ0v) is 15.7. The summed E-state index contributed by atoms with van der Waals surface area (Å²) in [6, 6.07) is 7.19. The fraction of sp³-hybridized carbons (Fsp3) is 0.333. The van der Waals surface area contributed by atoms with Gasteiger partial charge in [0.25, 0.3) is 0 Å². The SMILES string of the molecule is [2H]C1([2H])N(CC)C([2H])([2H])C([2H])([2H])N(c2cc(C)cc(Nc3ncn(-c4cc(F)cc(F)c4)n3)c2)C1([2H])[2H].[HH]. The van der Waals surface area contributed by atoms with Crippen LogP contribution < -0.4 is 10.2 Å². The largest absolute Gasteiger partial charge is 0.369 e. The zero-order valence-electron chi connectivity index (χ0n) is 23.7. The molecule has 0 bridgehead atoms. The normalized spacial score (nSPS) is 26.0. The minimum absolute atomic E-state index is 0. The highest BCUT2D eigenvalue weighted by atomic mass is 19.1. The number of piperazine rings is 1. The monoisotopic (exact) mass is 408 g/mol. The molecule has 1 aromatic heterocycles. The molecule has 1 saturated heterocycles. The number of nitrogens with zero attached hydrogens (tertiary/aromatic N) is 5. The average molecular weight is 409 g/mol. The van der Waals surface area contributed by atoms with Crippen LogP contribution in [0.2, 0.25) is 0 Å². The molecule has 0 spiro atoms. The number of rotatable bonds is 5. The summed E-state index contributed by atoms with van der Waals surface area (Å²) in [7, 11) is 0. The minimum atomic E-state index is -2.98. The van der Waals surface area contributed by atoms with Crippen LogP contribution in [0.3, 0.4) is 0 Å². The first-order chi connectivity index (χ1) is 17.0. The van der Waals surface area contributed by atoms with Crippen LogP contribution in [-0.4, -0.2) is 52.2 Å². The second-order valence-corrected chi connectivity index (χ2v) is 6.35. The summed E-state index contributed by atoms with van der Waals surface area (Å²) in [6.07, 6.45) is 1.22. The van der Waals surface area contributed by atoms with Crippen molar-refractivity contribution in [2.75, 3.05) is 42.7 Å². The molecular formula is C21H26F2N6. The number of halogens is 2. The summed E-state index contributed by atoms with van der Waals surface area (Å²) >= 11 is 0. The molecule has 4 rings (SSSR count). The molecule has 1 N–H and O–H groups in total. The quantitative estimate of drug-likeness (QED) is 0.692. The summed E-state index contributed by atoms with van der Waals surface area (Å²) in [5, 5.41) is 6.99. The number of anilines is 3. The van der Waals surface area contributed by atoms with Gasteiger partial charge in [-0.2, -0.15) is 4.98 Å². The predicted molar refractivity (Wildman–Crippen MR) is 112 cm³/mol. The molecule has 1 aliphatic heterocycles. The van der Waals surface area contributed by atoms with Crippen molar-refractivity contribution >= 4 is 17.3 Å². The lowest BCUT2D eigenvalue weighted by atomic mass is 10.1. The molecule has 3 aromatic rings. The van der Waals surface area contributed by atoms with Gasteiger partial charge in [-0.15, -0.1) is 5.10 Å². The third-order valence-corrected chi connectivity index (χ3v) is 4.09. The predicted octanol–water partition coefficient (Wildman–Crippen LogP) is 3.99. The van der Waals surface area contributed by atoms with E-state index in [-0.39, 0.29) is 31.0 Å². The van der Waals surface area contributed by atoms with Gasteiger partial charge >= 0.3 is 0 Å². The van der Waals surface area contributed by atoms with Gasteiger partial charge < -0.3 is 15.1 Å². The average Bonchev–Trinajstić information content (AvgIpc) is 3.20. The molecule has 0 saturated carbocycles. The van der Waals surface area contributed by atoms with Crippen molar-refractivity contribution in [3.05, 3.63) is 59.9 Å². The summed E-state index contributed by atoms with van der Waals surface area (Å²) in [6.45, 7) is -8.95. The van der Waals surface area contributed by atoms with Crippen molar-refractivity contribution in [1.29, 1.82) is 0 Å². The fourth-order valence-electron chi connectivity index (χ4n) is 2.77. The Hall–Kier alpha value is -3.00. The third-order valence-electron chi connectivity index (χ3n) is 4.09.